The lowest BCUT2D eigenvalue weighted by atomic mass is 10.2. The molecule has 3 aromatic carbocycles. The van der Waals surface area contributed by atoms with Crippen LogP contribution in [0.15, 0.2) is 71.8 Å². The number of rotatable bonds is 10. The summed E-state index contributed by atoms with van der Waals surface area (Å²) in [6.07, 6.45) is 1.54. The number of nitrogens with one attached hydrogen (secondary N) is 1. The van der Waals surface area contributed by atoms with Crippen molar-refractivity contribution in [1.82, 2.24) is 5.43 Å². The van der Waals surface area contributed by atoms with Crippen LogP contribution in [0.5, 0.6) is 17.2 Å². The lowest BCUT2D eigenvalue weighted by Crippen LogP contribution is -2.24. The van der Waals surface area contributed by atoms with Crippen molar-refractivity contribution < 1.29 is 19.0 Å². The minimum Gasteiger partial charge on any atom is -0.490 e. The third-order valence-electron chi connectivity index (χ3n) is 4.34. The molecular weight excluding hydrogens is 428 g/mol. The summed E-state index contributed by atoms with van der Waals surface area (Å²) in [5.41, 5.74) is 5.27. The maximum atomic E-state index is 12.0. The second kappa shape index (κ2) is 11.8. The number of hydrogen-bond acceptors (Lipinski definition) is 5. The minimum atomic E-state index is -0.351. The molecule has 0 bridgehead atoms. The number of halogens is 1. The molecule has 0 heterocycles. The molecule has 0 radical (unpaired) electrons. The molecule has 0 atom stereocenters. The second-order valence-corrected chi connectivity index (χ2v) is 7.39. The highest BCUT2D eigenvalue weighted by molar-refractivity contribution is 6.30. The van der Waals surface area contributed by atoms with Gasteiger partial charge in [0, 0.05) is 5.02 Å². The molecule has 32 heavy (non-hydrogen) atoms. The van der Waals surface area contributed by atoms with Gasteiger partial charge in [-0.25, -0.2) is 5.43 Å². The van der Waals surface area contributed by atoms with Gasteiger partial charge in [-0.05, 0) is 73.0 Å². The molecule has 0 aromatic heterocycles. The first-order valence-electron chi connectivity index (χ1n) is 10.2. The topological polar surface area (TPSA) is 69.2 Å². The molecule has 0 aliphatic heterocycles. The molecule has 1 amide bonds. The number of carbonyl (C=O) groups is 1. The first-order valence-corrected chi connectivity index (χ1v) is 10.6. The van der Waals surface area contributed by atoms with Crippen molar-refractivity contribution in [2.75, 3.05) is 13.2 Å². The van der Waals surface area contributed by atoms with Crippen LogP contribution in [-0.2, 0) is 11.4 Å². The Morgan fingerprint density at radius 2 is 1.81 bits per heavy atom. The molecule has 7 heteroatoms. The molecule has 6 nitrogen and oxygen atoms in total. The first-order chi connectivity index (χ1) is 15.5. The van der Waals surface area contributed by atoms with Crippen molar-refractivity contribution in [2.24, 2.45) is 5.10 Å². The highest BCUT2D eigenvalue weighted by Crippen LogP contribution is 2.29. The van der Waals surface area contributed by atoms with E-state index in [-0.39, 0.29) is 12.5 Å². The van der Waals surface area contributed by atoms with E-state index in [1.807, 2.05) is 68.4 Å². The van der Waals surface area contributed by atoms with Gasteiger partial charge in [0.25, 0.3) is 5.91 Å². The Morgan fingerprint density at radius 3 is 2.56 bits per heavy atom. The molecular formula is C25H25ClN2O4. The Hall–Kier alpha value is -3.51. The van der Waals surface area contributed by atoms with Crippen LogP contribution < -0.4 is 19.6 Å². The number of hydrogen-bond donors (Lipinski definition) is 1. The molecule has 0 saturated carbocycles. The van der Waals surface area contributed by atoms with Crippen LogP contribution in [0, 0.1) is 6.92 Å². The van der Waals surface area contributed by atoms with Gasteiger partial charge in [-0.15, -0.1) is 0 Å². The maximum Gasteiger partial charge on any atom is 0.277 e. The molecule has 0 spiro atoms. The highest BCUT2D eigenvalue weighted by atomic mass is 35.5. The number of hydrazone groups is 1. The third kappa shape index (κ3) is 7.32. The van der Waals surface area contributed by atoms with Crippen LogP contribution in [0.1, 0.15) is 23.6 Å². The quantitative estimate of drug-likeness (QED) is 0.341. The monoisotopic (exact) mass is 452 g/mol. The normalized spacial score (nSPS) is 10.7. The van der Waals surface area contributed by atoms with Crippen LogP contribution in [0.4, 0.5) is 0 Å². The zero-order valence-electron chi connectivity index (χ0n) is 18.0. The van der Waals surface area contributed by atoms with E-state index in [4.69, 9.17) is 25.8 Å². The van der Waals surface area contributed by atoms with Crippen LogP contribution in [0.25, 0.3) is 0 Å². The van der Waals surface area contributed by atoms with E-state index in [0.29, 0.717) is 35.5 Å². The smallest absolute Gasteiger partial charge is 0.277 e. The van der Waals surface area contributed by atoms with Crippen LogP contribution in [0.3, 0.4) is 0 Å². The average Bonchev–Trinajstić information content (AvgIpc) is 2.78. The molecule has 3 aromatic rings. The summed E-state index contributed by atoms with van der Waals surface area (Å²) in [5.74, 6) is 1.50. The van der Waals surface area contributed by atoms with Gasteiger partial charge in [0.2, 0.25) is 0 Å². The number of amides is 1. The van der Waals surface area contributed by atoms with Crippen molar-refractivity contribution >= 4 is 23.7 Å². The standard InChI is InChI=1S/C25H25ClN2O4/c1-3-30-24-14-20(9-12-23(24)32-16-19-7-10-21(26)11-8-19)15-27-28-25(29)17-31-22-6-4-5-18(2)13-22/h4-15H,3,16-17H2,1-2H3,(H,28,29)/b27-15+. The van der Waals surface area contributed by atoms with E-state index in [9.17, 15) is 4.79 Å². The zero-order valence-corrected chi connectivity index (χ0v) is 18.8. The number of aryl methyl sites for hydroxylation is 1. The van der Waals surface area contributed by atoms with Crippen molar-refractivity contribution in [3.8, 4) is 17.2 Å². The fourth-order valence-electron chi connectivity index (χ4n) is 2.80. The van der Waals surface area contributed by atoms with Gasteiger partial charge in [-0.3, -0.25) is 4.79 Å². The highest BCUT2D eigenvalue weighted by Gasteiger charge is 2.07. The molecule has 0 aliphatic rings. The summed E-state index contributed by atoms with van der Waals surface area (Å²) < 4.78 is 17.0. The van der Waals surface area contributed by atoms with Gasteiger partial charge in [-0.2, -0.15) is 5.10 Å². The van der Waals surface area contributed by atoms with Gasteiger partial charge in [0.05, 0.1) is 12.8 Å². The predicted octanol–water partition coefficient (Wildman–Crippen LogP) is 5.16. The lowest BCUT2D eigenvalue weighted by Gasteiger charge is -2.12. The van der Waals surface area contributed by atoms with Crippen molar-refractivity contribution in [3.05, 3.63) is 88.4 Å². The SMILES string of the molecule is CCOc1cc(/C=N/NC(=O)COc2cccc(C)c2)ccc1OCc1ccc(Cl)cc1. The summed E-state index contributed by atoms with van der Waals surface area (Å²) in [5, 5.41) is 4.67. The van der Waals surface area contributed by atoms with Gasteiger partial charge in [0.15, 0.2) is 18.1 Å². The molecule has 3 rings (SSSR count). The molecule has 166 valence electrons. The molecule has 0 saturated heterocycles. The first kappa shape index (κ1) is 23.2. The van der Waals surface area contributed by atoms with Gasteiger partial charge in [0.1, 0.15) is 12.4 Å². The van der Waals surface area contributed by atoms with Crippen molar-refractivity contribution in [3.63, 3.8) is 0 Å². The van der Waals surface area contributed by atoms with Crippen LogP contribution >= 0.6 is 11.6 Å². The Morgan fingerprint density at radius 1 is 1.00 bits per heavy atom. The number of nitrogens with zero attached hydrogens (tertiary/aromatic N) is 1. The summed E-state index contributed by atoms with van der Waals surface area (Å²) in [4.78, 5) is 12.0. The second-order valence-electron chi connectivity index (χ2n) is 6.95. The average molecular weight is 453 g/mol. The van der Waals surface area contributed by atoms with E-state index < -0.39 is 0 Å². The summed E-state index contributed by atoms with van der Waals surface area (Å²) in [6.45, 7) is 4.62. The largest absolute Gasteiger partial charge is 0.490 e. The van der Waals surface area contributed by atoms with E-state index >= 15 is 0 Å². The summed E-state index contributed by atoms with van der Waals surface area (Å²) in [7, 11) is 0. The maximum absolute atomic E-state index is 12.0. The van der Waals surface area contributed by atoms with Crippen molar-refractivity contribution in [2.45, 2.75) is 20.5 Å². The van der Waals surface area contributed by atoms with E-state index in [1.54, 1.807) is 12.1 Å². The Bertz CT molecular complexity index is 1070. The van der Waals surface area contributed by atoms with Crippen molar-refractivity contribution in [1.29, 1.82) is 0 Å². The van der Waals surface area contributed by atoms with Crippen LogP contribution in [0.2, 0.25) is 5.02 Å². The predicted molar refractivity (Wildman–Crippen MR) is 126 cm³/mol. The van der Waals surface area contributed by atoms with Gasteiger partial charge >= 0.3 is 0 Å². The van der Waals surface area contributed by atoms with Crippen LogP contribution in [-0.4, -0.2) is 25.3 Å². The Kier molecular flexibility index (Phi) is 8.52. The number of carbonyl (C=O) groups excluding carboxylic acids is 1. The number of ether oxygens (including phenoxy) is 3. The summed E-state index contributed by atoms with van der Waals surface area (Å²) >= 11 is 5.92. The zero-order chi connectivity index (χ0) is 22.8. The van der Waals surface area contributed by atoms with Gasteiger partial charge < -0.3 is 14.2 Å². The molecule has 1 N–H and O–H groups in total. The fraction of sp³-hybridized carbons (Fsp3) is 0.200. The third-order valence-corrected chi connectivity index (χ3v) is 4.59. The van der Waals surface area contributed by atoms with E-state index in [2.05, 4.69) is 10.5 Å². The number of benzene rings is 3. The molecule has 0 aliphatic carbocycles. The Balaban J connectivity index is 1.54. The fourth-order valence-corrected chi connectivity index (χ4v) is 2.93. The molecule has 0 fully saturated rings. The summed E-state index contributed by atoms with van der Waals surface area (Å²) in [6, 6.07) is 20.4. The van der Waals surface area contributed by atoms with E-state index in [0.717, 1.165) is 16.7 Å². The van der Waals surface area contributed by atoms with E-state index in [1.165, 1.54) is 6.21 Å². The van der Waals surface area contributed by atoms with Gasteiger partial charge in [-0.1, -0.05) is 35.9 Å². The lowest BCUT2D eigenvalue weighted by molar-refractivity contribution is -0.123. The Labute approximate surface area is 192 Å². The molecule has 0 unspecified atom stereocenters. The minimum absolute atomic E-state index is 0.123.